The van der Waals surface area contributed by atoms with Gasteiger partial charge in [0.1, 0.15) is 12.5 Å². The Bertz CT molecular complexity index is 171. The Balaban J connectivity index is 2.19. The van der Waals surface area contributed by atoms with E-state index in [1.807, 2.05) is 0 Å². The average molecular weight is 137 g/mol. The van der Waals surface area contributed by atoms with E-state index in [1.54, 1.807) is 0 Å². The van der Waals surface area contributed by atoms with Crippen LogP contribution in [-0.4, -0.2) is 13.3 Å². The summed E-state index contributed by atoms with van der Waals surface area (Å²) < 4.78 is 5.36. The smallest absolute Gasteiger partial charge is 0.139 e. The van der Waals surface area contributed by atoms with Gasteiger partial charge in [0, 0.05) is 12.1 Å². The molecule has 0 spiro atoms. The zero-order chi connectivity index (χ0) is 6.81. The lowest BCUT2D eigenvalue weighted by atomic mass is 10.0. The first-order valence-electron chi connectivity index (χ1n) is 3.70. The normalized spacial score (nSPS) is 24.0. The largest absolute Gasteiger partial charge is 0.478 e. The van der Waals surface area contributed by atoms with Crippen LogP contribution in [0.2, 0.25) is 0 Å². The summed E-state index contributed by atoms with van der Waals surface area (Å²) in [5.74, 6) is 1.10. The molecule has 2 nitrogen and oxygen atoms in total. The number of fused-ring (bicyclic) bond motifs is 1. The molecular formula is C8H11NO. The second-order valence-corrected chi connectivity index (χ2v) is 2.59. The Morgan fingerprint density at radius 3 is 3.10 bits per heavy atom. The molecule has 0 bridgehead atoms. The van der Waals surface area contributed by atoms with Gasteiger partial charge in [-0.3, -0.25) is 5.32 Å². The van der Waals surface area contributed by atoms with Gasteiger partial charge in [0.15, 0.2) is 0 Å². The van der Waals surface area contributed by atoms with Gasteiger partial charge in [-0.15, -0.1) is 0 Å². The summed E-state index contributed by atoms with van der Waals surface area (Å²) in [7, 11) is 0. The third kappa shape index (κ3) is 0.948. The van der Waals surface area contributed by atoms with Crippen molar-refractivity contribution in [3.05, 3.63) is 23.5 Å². The number of allylic oxidation sites excluding steroid dienone is 2. The molecule has 0 radical (unpaired) electrons. The number of hydrogen-bond acceptors (Lipinski definition) is 2. The summed E-state index contributed by atoms with van der Waals surface area (Å²) in [4.78, 5) is 0. The van der Waals surface area contributed by atoms with Crippen LogP contribution in [-0.2, 0) is 4.74 Å². The molecule has 0 aromatic heterocycles. The van der Waals surface area contributed by atoms with Crippen LogP contribution in [0, 0.1) is 0 Å². The Hall–Kier alpha value is -0.760. The third-order valence-electron chi connectivity index (χ3n) is 1.85. The minimum Gasteiger partial charge on any atom is -0.478 e. The standard InChI is InChI=1S/C8H11NO/c1-2-4-8-7(3-1)5-9-6-10-8/h3-4,9H,1-2,5-6H2. The summed E-state index contributed by atoms with van der Waals surface area (Å²) in [6, 6.07) is 0. The van der Waals surface area contributed by atoms with Crippen LogP contribution in [0.15, 0.2) is 23.5 Å². The molecule has 1 aliphatic carbocycles. The fourth-order valence-electron chi connectivity index (χ4n) is 1.33. The van der Waals surface area contributed by atoms with Crippen LogP contribution in [0.1, 0.15) is 12.8 Å². The average Bonchev–Trinajstić information content (AvgIpc) is 2.05. The first kappa shape index (κ1) is 5.98. The van der Waals surface area contributed by atoms with Crippen LogP contribution in [0.25, 0.3) is 0 Å². The molecule has 0 saturated carbocycles. The molecule has 0 atom stereocenters. The highest BCUT2D eigenvalue weighted by atomic mass is 16.5. The molecule has 0 unspecified atom stereocenters. The SMILES string of the molecule is C1=C2CNCOC2=CCC1. The van der Waals surface area contributed by atoms with Crippen molar-refractivity contribution in [2.45, 2.75) is 12.8 Å². The molecule has 54 valence electrons. The fraction of sp³-hybridized carbons (Fsp3) is 0.500. The summed E-state index contributed by atoms with van der Waals surface area (Å²) in [5, 5.41) is 3.15. The molecule has 1 aliphatic heterocycles. The zero-order valence-electron chi connectivity index (χ0n) is 5.89. The summed E-state index contributed by atoms with van der Waals surface area (Å²) in [6.45, 7) is 1.65. The molecular weight excluding hydrogens is 126 g/mol. The highest BCUT2D eigenvalue weighted by molar-refractivity contribution is 5.31. The predicted molar refractivity (Wildman–Crippen MR) is 39.4 cm³/mol. The highest BCUT2D eigenvalue weighted by Crippen LogP contribution is 2.20. The van der Waals surface area contributed by atoms with Crippen LogP contribution in [0.3, 0.4) is 0 Å². The molecule has 2 rings (SSSR count). The summed E-state index contributed by atoms with van der Waals surface area (Å²) in [6.07, 6.45) is 6.74. The minimum absolute atomic E-state index is 0.670. The highest BCUT2D eigenvalue weighted by Gasteiger charge is 2.13. The first-order valence-corrected chi connectivity index (χ1v) is 3.70. The van der Waals surface area contributed by atoms with Gasteiger partial charge >= 0.3 is 0 Å². The van der Waals surface area contributed by atoms with E-state index in [-0.39, 0.29) is 0 Å². The van der Waals surface area contributed by atoms with Gasteiger partial charge in [0.05, 0.1) is 0 Å². The second-order valence-electron chi connectivity index (χ2n) is 2.59. The Morgan fingerprint density at radius 1 is 1.30 bits per heavy atom. The molecule has 2 aliphatic rings. The topological polar surface area (TPSA) is 21.3 Å². The molecule has 0 aromatic rings. The number of nitrogens with one attached hydrogen (secondary N) is 1. The van der Waals surface area contributed by atoms with Crippen molar-refractivity contribution in [3.63, 3.8) is 0 Å². The van der Waals surface area contributed by atoms with Crippen LogP contribution in [0.4, 0.5) is 0 Å². The zero-order valence-corrected chi connectivity index (χ0v) is 5.89. The van der Waals surface area contributed by atoms with Gasteiger partial charge in [0.2, 0.25) is 0 Å². The molecule has 1 N–H and O–H groups in total. The van der Waals surface area contributed by atoms with Crippen molar-refractivity contribution in [1.82, 2.24) is 5.32 Å². The van der Waals surface area contributed by atoms with E-state index < -0.39 is 0 Å². The van der Waals surface area contributed by atoms with E-state index in [4.69, 9.17) is 4.74 Å². The lowest BCUT2D eigenvalue weighted by molar-refractivity contribution is 0.174. The predicted octanol–water partition coefficient (Wildman–Crippen LogP) is 1.17. The van der Waals surface area contributed by atoms with Crippen LogP contribution < -0.4 is 5.32 Å². The van der Waals surface area contributed by atoms with E-state index in [0.29, 0.717) is 6.73 Å². The minimum atomic E-state index is 0.670. The van der Waals surface area contributed by atoms with Gasteiger partial charge < -0.3 is 4.74 Å². The van der Waals surface area contributed by atoms with Crippen LogP contribution in [0.5, 0.6) is 0 Å². The van der Waals surface area contributed by atoms with Crippen molar-refractivity contribution in [3.8, 4) is 0 Å². The Labute approximate surface area is 60.6 Å². The molecule has 1 heterocycles. The van der Waals surface area contributed by atoms with Crippen molar-refractivity contribution in [2.75, 3.05) is 13.3 Å². The van der Waals surface area contributed by atoms with Crippen molar-refractivity contribution >= 4 is 0 Å². The Morgan fingerprint density at radius 2 is 2.20 bits per heavy atom. The quantitative estimate of drug-likeness (QED) is 0.541. The molecule has 2 heteroatoms. The maximum atomic E-state index is 5.36. The number of hydrogen-bond donors (Lipinski definition) is 1. The fourth-order valence-corrected chi connectivity index (χ4v) is 1.33. The van der Waals surface area contributed by atoms with Crippen molar-refractivity contribution in [1.29, 1.82) is 0 Å². The van der Waals surface area contributed by atoms with E-state index >= 15 is 0 Å². The third-order valence-corrected chi connectivity index (χ3v) is 1.85. The van der Waals surface area contributed by atoms with E-state index in [9.17, 15) is 0 Å². The van der Waals surface area contributed by atoms with Gasteiger partial charge in [-0.2, -0.15) is 0 Å². The maximum Gasteiger partial charge on any atom is 0.139 e. The maximum absolute atomic E-state index is 5.36. The van der Waals surface area contributed by atoms with Crippen LogP contribution >= 0.6 is 0 Å². The number of rotatable bonds is 0. The molecule has 10 heavy (non-hydrogen) atoms. The monoisotopic (exact) mass is 137 g/mol. The lowest BCUT2D eigenvalue weighted by Crippen LogP contribution is -2.28. The van der Waals surface area contributed by atoms with Crippen molar-refractivity contribution < 1.29 is 4.74 Å². The Kier molecular flexibility index (Phi) is 1.47. The van der Waals surface area contributed by atoms with Crippen molar-refractivity contribution in [2.24, 2.45) is 0 Å². The van der Waals surface area contributed by atoms with E-state index in [1.165, 1.54) is 12.0 Å². The molecule has 1 saturated heterocycles. The van der Waals surface area contributed by atoms with Gasteiger partial charge in [-0.25, -0.2) is 0 Å². The molecule has 0 aromatic carbocycles. The molecule has 0 amide bonds. The lowest BCUT2D eigenvalue weighted by Gasteiger charge is -2.22. The summed E-state index contributed by atoms with van der Waals surface area (Å²) in [5.41, 5.74) is 1.33. The second kappa shape index (κ2) is 2.46. The summed E-state index contributed by atoms with van der Waals surface area (Å²) >= 11 is 0. The van der Waals surface area contributed by atoms with Gasteiger partial charge in [-0.1, -0.05) is 6.08 Å². The van der Waals surface area contributed by atoms with Gasteiger partial charge in [-0.05, 0) is 18.9 Å². The molecule has 1 fully saturated rings. The van der Waals surface area contributed by atoms with E-state index in [2.05, 4.69) is 17.5 Å². The first-order chi connectivity index (χ1) is 4.97. The van der Waals surface area contributed by atoms with Gasteiger partial charge in [0.25, 0.3) is 0 Å². The van der Waals surface area contributed by atoms with E-state index in [0.717, 1.165) is 18.7 Å². The number of ether oxygens (including phenoxy) is 1.